The van der Waals surface area contributed by atoms with E-state index in [-0.39, 0.29) is 25.2 Å². The Morgan fingerprint density at radius 3 is 2.40 bits per heavy atom. The van der Waals surface area contributed by atoms with Crippen molar-refractivity contribution in [3.05, 3.63) is 65.2 Å². The summed E-state index contributed by atoms with van der Waals surface area (Å²) in [5.41, 5.74) is 6.48. The number of nitrogens with two attached hydrogens (primary N) is 1. The smallest absolute Gasteiger partial charge is 0.419 e. The zero-order valence-electron chi connectivity index (χ0n) is 14.1. The van der Waals surface area contributed by atoms with Crippen LogP contribution in [-0.2, 0) is 23.9 Å². The maximum Gasteiger partial charge on any atom is 0.419 e. The summed E-state index contributed by atoms with van der Waals surface area (Å²) in [7, 11) is 0. The molecular formula is C19H22F3NO2. The van der Waals surface area contributed by atoms with Crippen LogP contribution in [0.25, 0.3) is 0 Å². The molecule has 136 valence electrons. The van der Waals surface area contributed by atoms with E-state index in [4.69, 9.17) is 15.2 Å². The van der Waals surface area contributed by atoms with E-state index in [1.165, 1.54) is 6.07 Å². The SMILES string of the molecule is CCC(N)Cc1ccc(OCOCc2ccccc2)c(C(F)(F)F)c1. The van der Waals surface area contributed by atoms with Crippen LogP contribution in [-0.4, -0.2) is 12.8 Å². The molecule has 0 saturated heterocycles. The molecular weight excluding hydrogens is 331 g/mol. The molecule has 0 aliphatic carbocycles. The maximum absolute atomic E-state index is 13.3. The van der Waals surface area contributed by atoms with Crippen molar-refractivity contribution < 1.29 is 22.6 Å². The minimum absolute atomic E-state index is 0.165. The number of ether oxygens (including phenoxy) is 2. The predicted molar refractivity (Wildman–Crippen MR) is 90.1 cm³/mol. The highest BCUT2D eigenvalue weighted by Crippen LogP contribution is 2.37. The molecule has 25 heavy (non-hydrogen) atoms. The van der Waals surface area contributed by atoms with Gasteiger partial charge in [-0.1, -0.05) is 43.3 Å². The first-order valence-electron chi connectivity index (χ1n) is 8.10. The first-order chi connectivity index (χ1) is 11.9. The Hall–Kier alpha value is -2.05. The summed E-state index contributed by atoms with van der Waals surface area (Å²) in [5.74, 6) is -0.241. The second-order valence-corrected chi connectivity index (χ2v) is 5.80. The van der Waals surface area contributed by atoms with Crippen LogP contribution in [0.15, 0.2) is 48.5 Å². The molecule has 0 spiro atoms. The van der Waals surface area contributed by atoms with Crippen molar-refractivity contribution in [2.75, 3.05) is 6.79 Å². The standard InChI is InChI=1S/C19H22F3NO2/c1-2-16(23)10-15-8-9-18(17(11-15)19(20,21)22)25-13-24-12-14-6-4-3-5-7-14/h3-9,11,16H,2,10,12-13,23H2,1H3. The maximum atomic E-state index is 13.3. The molecule has 0 bridgehead atoms. The highest BCUT2D eigenvalue weighted by Gasteiger charge is 2.34. The van der Waals surface area contributed by atoms with Gasteiger partial charge in [0.05, 0.1) is 12.2 Å². The average Bonchev–Trinajstić information content (AvgIpc) is 2.59. The molecule has 0 heterocycles. The van der Waals surface area contributed by atoms with Gasteiger partial charge in [0.25, 0.3) is 0 Å². The molecule has 1 unspecified atom stereocenters. The van der Waals surface area contributed by atoms with E-state index in [9.17, 15) is 13.2 Å². The van der Waals surface area contributed by atoms with E-state index in [1.54, 1.807) is 6.07 Å². The topological polar surface area (TPSA) is 44.5 Å². The Balaban J connectivity index is 2.01. The quantitative estimate of drug-likeness (QED) is 0.560. The van der Waals surface area contributed by atoms with Gasteiger partial charge in [0.1, 0.15) is 5.75 Å². The molecule has 1 atom stereocenters. The molecule has 0 amide bonds. The molecule has 3 nitrogen and oxygen atoms in total. The van der Waals surface area contributed by atoms with Crippen molar-refractivity contribution in [1.82, 2.24) is 0 Å². The fourth-order valence-electron chi connectivity index (χ4n) is 2.34. The van der Waals surface area contributed by atoms with Gasteiger partial charge < -0.3 is 15.2 Å². The van der Waals surface area contributed by atoms with Gasteiger partial charge >= 0.3 is 6.18 Å². The molecule has 2 aromatic rings. The highest BCUT2D eigenvalue weighted by atomic mass is 19.4. The van der Waals surface area contributed by atoms with Crippen molar-refractivity contribution in [2.24, 2.45) is 5.73 Å². The minimum Gasteiger partial charge on any atom is -0.467 e. The molecule has 0 aromatic heterocycles. The van der Waals surface area contributed by atoms with Gasteiger partial charge in [-0.15, -0.1) is 0 Å². The fourth-order valence-corrected chi connectivity index (χ4v) is 2.34. The molecule has 0 aliphatic rings. The summed E-state index contributed by atoms with van der Waals surface area (Å²) in [6, 6.07) is 13.2. The van der Waals surface area contributed by atoms with Crippen molar-refractivity contribution in [3.63, 3.8) is 0 Å². The van der Waals surface area contributed by atoms with E-state index >= 15 is 0 Å². The van der Waals surface area contributed by atoms with E-state index in [2.05, 4.69) is 0 Å². The van der Waals surface area contributed by atoms with Crippen LogP contribution in [0.2, 0.25) is 0 Å². The first-order valence-corrected chi connectivity index (χ1v) is 8.10. The van der Waals surface area contributed by atoms with Gasteiger partial charge in [0, 0.05) is 6.04 Å². The summed E-state index contributed by atoms with van der Waals surface area (Å²) < 4.78 is 50.3. The van der Waals surface area contributed by atoms with Gasteiger partial charge in [-0.25, -0.2) is 0 Å². The van der Waals surface area contributed by atoms with E-state index in [0.717, 1.165) is 11.6 Å². The second kappa shape index (κ2) is 8.87. The Bertz CT molecular complexity index is 659. The number of alkyl halides is 3. The van der Waals surface area contributed by atoms with Crippen LogP contribution in [0.1, 0.15) is 30.0 Å². The lowest BCUT2D eigenvalue weighted by molar-refractivity contribution is -0.140. The monoisotopic (exact) mass is 353 g/mol. The lowest BCUT2D eigenvalue weighted by Crippen LogP contribution is -2.21. The Morgan fingerprint density at radius 1 is 1.04 bits per heavy atom. The van der Waals surface area contributed by atoms with Crippen LogP contribution in [0.4, 0.5) is 13.2 Å². The Labute approximate surface area is 145 Å². The number of rotatable bonds is 8. The molecule has 0 saturated carbocycles. The molecule has 2 rings (SSSR count). The zero-order valence-corrected chi connectivity index (χ0v) is 14.1. The third-order valence-corrected chi connectivity index (χ3v) is 3.78. The third kappa shape index (κ3) is 6.07. The van der Waals surface area contributed by atoms with Gasteiger partial charge in [-0.3, -0.25) is 0 Å². The number of benzene rings is 2. The van der Waals surface area contributed by atoms with Crippen molar-refractivity contribution in [3.8, 4) is 5.75 Å². The fraction of sp³-hybridized carbons (Fsp3) is 0.368. The Kier molecular flexibility index (Phi) is 6.84. The average molecular weight is 353 g/mol. The highest BCUT2D eigenvalue weighted by molar-refractivity contribution is 5.39. The zero-order chi connectivity index (χ0) is 18.3. The van der Waals surface area contributed by atoms with Crippen molar-refractivity contribution >= 4 is 0 Å². The van der Waals surface area contributed by atoms with Crippen molar-refractivity contribution in [2.45, 2.75) is 38.6 Å². The van der Waals surface area contributed by atoms with Gasteiger partial charge in [0.15, 0.2) is 6.79 Å². The summed E-state index contributed by atoms with van der Waals surface area (Å²) in [6.07, 6.45) is -3.40. The summed E-state index contributed by atoms with van der Waals surface area (Å²) in [4.78, 5) is 0. The first kappa shape index (κ1) is 19.3. The summed E-state index contributed by atoms with van der Waals surface area (Å²) in [6.45, 7) is 1.91. The Morgan fingerprint density at radius 2 is 1.76 bits per heavy atom. The summed E-state index contributed by atoms with van der Waals surface area (Å²) >= 11 is 0. The minimum atomic E-state index is -4.50. The molecule has 0 aliphatic heterocycles. The van der Waals surface area contributed by atoms with Crippen LogP contribution in [0, 0.1) is 0 Å². The lowest BCUT2D eigenvalue weighted by Gasteiger charge is -2.16. The molecule has 0 radical (unpaired) electrons. The second-order valence-electron chi connectivity index (χ2n) is 5.80. The van der Waals surface area contributed by atoms with Crippen LogP contribution in [0.5, 0.6) is 5.75 Å². The number of hydrogen-bond donors (Lipinski definition) is 1. The summed E-state index contributed by atoms with van der Waals surface area (Å²) in [5, 5.41) is 0. The van der Waals surface area contributed by atoms with E-state index < -0.39 is 11.7 Å². The normalized spacial score (nSPS) is 12.8. The molecule has 6 heteroatoms. The van der Waals surface area contributed by atoms with Crippen LogP contribution < -0.4 is 10.5 Å². The van der Waals surface area contributed by atoms with E-state index in [1.807, 2.05) is 37.3 Å². The largest absolute Gasteiger partial charge is 0.467 e. The molecule has 2 N–H and O–H groups in total. The number of hydrogen-bond acceptors (Lipinski definition) is 3. The van der Waals surface area contributed by atoms with Gasteiger partial charge in [-0.2, -0.15) is 13.2 Å². The molecule has 2 aromatic carbocycles. The lowest BCUT2D eigenvalue weighted by atomic mass is 10.0. The number of halogens is 3. The van der Waals surface area contributed by atoms with Gasteiger partial charge in [0.2, 0.25) is 0 Å². The van der Waals surface area contributed by atoms with Crippen LogP contribution in [0.3, 0.4) is 0 Å². The molecule has 0 fully saturated rings. The van der Waals surface area contributed by atoms with Gasteiger partial charge in [-0.05, 0) is 36.1 Å². The predicted octanol–water partition coefficient (Wildman–Crippen LogP) is 4.54. The third-order valence-electron chi connectivity index (χ3n) is 3.78. The van der Waals surface area contributed by atoms with Crippen molar-refractivity contribution in [1.29, 1.82) is 0 Å². The van der Waals surface area contributed by atoms with E-state index in [0.29, 0.717) is 18.4 Å². The van der Waals surface area contributed by atoms with Crippen LogP contribution >= 0.6 is 0 Å².